The molecule has 0 aliphatic heterocycles. The van der Waals surface area contributed by atoms with Gasteiger partial charge in [0.1, 0.15) is 24.1 Å². The third-order valence-electron chi connectivity index (χ3n) is 4.74. The van der Waals surface area contributed by atoms with E-state index in [0.717, 1.165) is 37.1 Å². The maximum atomic E-state index is 13.0. The summed E-state index contributed by atoms with van der Waals surface area (Å²) >= 11 is 0. The molecule has 0 radical (unpaired) electrons. The molecule has 0 saturated carbocycles. The average molecular weight is 352 g/mol. The Balaban J connectivity index is 2.09. The van der Waals surface area contributed by atoms with E-state index < -0.39 is 0 Å². The summed E-state index contributed by atoms with van der Waals surface area (Å²) in [5.74, 6) is 0.192. The van der Waals surface area contributed by atoms with Crippen molar-refractivity contribution in [3.05, 3.63) is 64.5 Å². The zero-order valence-corrected chi connectivity index (χ0v) is 15.4. The molecule has 0 bridgehead atoms. The molecule has 1 aromatic heterocycles. The van der Waals surface area contributed by atoms with Gasteiger partial charge in [0.15, 0.2) is 0 Å². The van der Waals surface area contributed by atoms with Crippen LogP contribution in [0.15, 0.2) is 57.9 Å². The molecule has 26 heavy (non-hydrogen) atoms. The van der Waals surface area contributed by atoms with Gasteiger partial charge in [-0.15, -0.1) is 0 Å². The normalized spacial score (nSPS) is 11.3. The minimum Gasteiger partial charge on any atom is -0.507 e. The Morgan fingerprint density at radius 1 is 1.00 bits per heavy atom. The van der Waals surface area contributed by atoms with Crippen molar-refractivity contribution in [1.29, 1.82) is 0 Å². The van der Waals surface area contributed by atoms with Crippen molar-refractivity contribution in [3.8, 4) is 16.9 Å². The number of benzene rings is 2. The van der Waals surface area contributed by atoms with E-state index in [9.17, 15) is 9.90 Å². The summed E-state index contributed by atoms with van der Waals surface area (Å²) in [4.78, 5) is 14.4. The Morgan fingerprint density at radius 3 is 2.35 bits per heavy atom. The molecule has 0 aliphatic carbocycles. The van der Waals surface area contributed by atoms with Gasteiger partial charge in [0.05, 0.1) is 29.6 Å². The summed E-state index contributed by atoms with van der Waals surface area (Å²) in [6.07, 6.45) is 3.66. The molecular formula is C22H26NO3+. The summed E-state index contributed by atoms with van der Waals surface area (Å²) in [6.45, 7) is 7.01. The van der Waals surface area contributed by atoms with Crippen LogP contribution in [0.1, 0.15) is 32.3 Å². The molecule has 3 rings (SSSR count). The molecule has 4 nitrogen and oxygen atoms in total. The average Bonchev–Trinajstić information content (AvgIpc) is 2.65. The fourth-order valence-electron chi connectivity index (χ4n) is 3.49. The smallest absolute Gasteiger partial charge is 0.200 e. The second-order valence-corrected chi connectivity index (χ2v) is 6.71. The van der Waals surface area contributed by atoms with Gasteiger partial charge in [0.2, 0.25) is 5.43 Å². The lowest BCUT2D eigenvalue weighted by Crippen LogP contribution is -3.10. The minimum atomic E-state index is -0.0637. The van der Waals surface area contributed by atoms with Gasteiger partial charge in [-0.1, -0.05) is 44.2 Å². The lowest BCUT2D eigenvalue weighted by Gasteiger charge is -2.19. The molecular weight excluding hydrogens is 326 g/mol. The van der Waals surface area contributed by atoms with Gasteiger partial charge in [-0.3, -0.25) is 4.79 Å². The van der Waals surface area contributed by atoms with Crippen LogP contribution in [0.3, 0.4) is 0 Å². The maximum Gasteiger partial charge on any atom is 0.200 e. The quantitative estimate of drug-likeness (QED) is 0.685. The number of quaternary nitrogens is 1. The second-order valence-electron chi connectivity index (χ2n) is 6.71. The summed E-state index contributed by atoms with van der Waals surface area (Å²) in [5, 5.41) is 10.9. The van der Waals surface area contributed by atoms with Crippen LogP contribution in [0, 0.1) is 0 Å². The van der Waals surface area contributed by atoms with Gasteiger partial charge < -0.3 is 14.4 Å². The van der Waals surface area contributed by atoms with Crippen molar-refractivity contribution >= 4 is 11.0 Å². The molecule has 4 heteroatoms. The van der Waals surface area contributed by atoms with Crippen LogP contribution in [0.25, 0.3) is 22.1 Å². The van der Waals surface area contributed by atoms with Crippen molar-refractivity contribution in [3.63, 3.8) is 0 Å². The Hall–Kier alpha value is -2.59. The van der Waals surface area contributed by atoms with Gasteiger partial charge >= 0.3 is 0 Å². The standard InChI is InChI=1S/C22H25NO3/c1-3-12-23(13-4-2)14-18-20(24)11-10-17-21(25)19(15-26-22(17)18)16-8-6-5-7-9-16/h5-11,15,24H,3-4,12-14H2,1-2H3/p+1. The molecule has 3 aromatic rings. The molecule has 0 saturated heterocycles. The van der Waals surface area contributed by atoms with E-state index in [0.29, 0.717) is 23.1 Å². The Labute approximate surface area is 153 Å². The summed E-state index contributed by atoms with van der Waals surface area (Å²) in [5.41, 5.74) is 2.53. The van der Waals surface area contributed by atoms with Gasteiger partial charge in [0.25, 0.3) is 0 Å². The van der Waals surface area contributed by atoms with E-state index in [2.05, 4.69) is 13.8 Å². The van der Waals surface area contributed by atoms with Crippen LogP contribution in [-0.2, 0) is 6.54 Å². The molecule has 0 unspecified atom stereocenters. The highest BCUT2D eigenvalue weighted by atomic mass is 16.3. The predicted molar refractivity (Wildman–Crippen MR) is 105 cm³/mol. The number of hydrogen-bond donors (Lipinski definition) is 2. The highest BCUT2D eigenvalue weighted by molar-refractivity contribution is 5.85. The first kappa shape index (κ1) is 18.2. The molecule has 2 aromatic carbocycles. The number of phenols is 1. The first-order chi connectivity index (χ1) is 12.7. The number of fused-ring (bicyclic) bond motifs is 1. The maximum absolute atomic E-state index is 13.0. The van der Waals surface area contributed by atoms with Crippen LogP contribution >= 0.6 is 0 Å². The zero-order chi connectivity index (χ0) is 18.5. The van der Waals surface area contributed by atoms with Crippen molar-refractivity contribution in [2.75, 3.05) is 13.1 Å². The molecule has 0 fully saturated rings. The highest BCUT2D eigenvalue weighted by Gasteiger charge is 2.19. The number of nitrogens with one attached hydrogen (secondary N) is 1. The fraction of sp³-hybridized carbons (Fsp3) is 0.318. The Bertz CT molecular complexity index is 925. The summed E-state index contributed by atoms with van der Waals surface area (Å²) in [6, 6.07) is 12.8. The van der Waals surface area contributed by atoms with E-state index in [4.69, 9.17) is 4.42 Å². The molecule has 2 N–H and O–H groups in total. The van der Waals surface area contributed by atoms with Gasteiger partial charge in [-0.25, -0.2) is 0 Å². The monoisotopic (exact) mass is 352 g/mol. The van der Waals surface area contributed by atoms with E-state index >= 15 is 0 Å². The second kappa shape index (κ2) is 8.19. The summed E-state index contributed by atoms with van der Waals surface area (Å²) < 4.78 is 5.87. The Kier molecular flexibility index (Phi) is 5.74. The Morgan fingerprint density at radius 2 is 1.69 bits per heavy atom. The van der Waals surface area contributed by atoms with Crippen molar-refractivity contribution < 1.29 is 14.4 Å². The zero-order valence-electron chi connectivity index (χ0n) is 15.4. The highest BCUT2D eigenvalue weighted by Crippen LogP contribution is 2.27. The fourth-order valence-corrected chi connectivity index (χ4v) is 3.49. The lowest BCUT2D eigenvalue weighted by atomic mass is 10.0. The third-order valence-corrected chi connectivity index (χ3v) is 4.74. The van der Waals surface area contributed by atoms with E-state index in [1.54, 1.807) is 12.1 Å². The molecule has 136 valence electrons. The van der Waals surface area contributed by atoms with Gasteiger partial charge in [0, 0.05) is 0 Å². The van der Waals surface area contributed by atoms with Crippen LogP contribution in [0.2, 0.25) is 0 Å². The van der Waals surface area contributed by atoms with Crippen LogP contribution < -0.4 is 10.3 Å². The predicted octanol–water partition coefficient (Wildman–Crippen LogP) is 3.37. The van der Waals surface area contributed by atoms with Crippen molar-refractivity contribution in [2.45, 2.75) is 33.2 Å². The summed E-state index contributed by atoms with van der Waals surface area (Å²) in [7, 11) is 0. The number of rotatable bonds is 7. The van der Waals surface area contributed by atoms with E-state index in [-0.39, 0.29) is 11.2 Å². The topological polar surface area (TPSA) is 54.9 Å². The number of aromatic hydroxyl groups is 1. The number of hydrogen-bond acceptors (Lipinski definition) is 3. The first-order valence-corrected chi connectivity index (χ1v) is 9.31. The number of phenolic OH excluding ortho intramolecular Hbond substituents is 1. The van der Waals surface area contributed by atoms with Crippen LogP contribution in [0.5, 0.6) is 5.75 Å². The minimum absolute atomic E-state index is 0.0637. The molecule has 0 spiro atoms. The van der Waals surface area contributed by atoms with Gasteiger partial charge in [-0.2, -0.15) is 0 Å². The molecule has 0 atom stereocenters. The third kappa shape index (κ3) is 3.65. The largest absolute Gasteiger partial charge is 0.507 e. The van der Waals surface area contributed by atoms with Gasteiger partial charge in [-0.05, 0) is 30.5 Å². The van der Waals surface area contributed by atoms with Crippen molar-refractivity contribution in [1.82, 2.24) is 0 Å². The van der Waals surface area contributed by atoms with Crippen molar-refractivity contribution in [2.24, 2.45) is 0 Å². The van der Waals surface area contributed by atoms with E-state index in [1.807, 2.05) is 30.3 Å². The van der Waals surface area contributed by atoms with Crippen LogP contribution in [0.4, 0.5) is 0 Å². The van der Waals surface area contributed by atoms with E-state index in [1.165, 1.54) is 11.2 Å². The molecule has 0 amide bonds. The molecule has 0 aliphatic rings. The first-order valence-electron chi connectivity index (χ1n) is 9.31. The lowest BCUT2D eigenvalue weighted by molar-refractivity contribution is -0.913. The van der Waals surface area contributed by atoms with Crippen LogP contribution in [-0.4, -0.2) is 18.2 Å². The molecule has 1 heterocycles. The SMILES string of the molecule is CCC[NH+](CCC)Cc1c(O)ccc2c(=O)c(-c3ccccc3)coc12.